The highest BCUT2D eigenvalue weighted by atomic mass is 16.7. The van der Waals surface area contributed by atoms with Crippen molar-refractivity contribution in [2.75, 3.05) is 6.79 Å². The Labute approximate surface area is 98.8 Å². The highest BCUT2D eigenvalue weighted by Crippen LogP contribution is 2.34. The summed E-state index contributed by atoms with van der Waals surface area (Å²) in [7, 11) is 0. The van der Waals surface area contributed by atoms with Crippen LogP contribution in [0.1, 0.15) is 19.2 Å². The van der Waals surface area contributed by atoms with Gasteiger partial charge in [-0.3, -0.25) is 5.10 Å². The minimum atomic E-state index is 0.286. The monoisotopic (exact) mass is 231 g/mol. The lowest BCUT2D eigenvalue weighted by molar-refractivity contribution is 0.174. The molecule has 1 aliphatic rings. The molecule has 0 saturated heterocycles. The lowest BCUT2D eigenvalue weighted by Gasteiger charge is -1.98. The number of nitrogens with one attached hydrogen (secondary N) is 1. The minimum absolute atomic E-state index is 0.286. The van der Waals surface area contributed by atoms with Crippen LogP contribution in [0.25, 0.3) is 11.4 Å². The topological polar surface area (TPSA) is 60.0 Å². The number of benzene rings is 1. The zero-order valence-corrected chi connectivity index (χ0v) is 9.56. The zero-order valence-electron chi connectivity index (χ0n) is 9.56. The first-order valence-electron chi connectivity index (χ1n) is 5.68. The second kappa shape index (κ2) is 4.08. The quantitative estimate of drug-likeness (QED) is 0.879. The zero-order chi connectivity index (χ0) is 11.7. The van der Waals surface area contributed by atoms with E-state index in [1.165, 1.54) is 0 Å². The largest absolute Gasteiger partial charge is 0.454 e. The van der Waals surface area contributed by atoms with Crippen LogP contribution < -0.4 is 9.47 Å². The van der Waals surface area contributed by atoms with Gasteiger partial charge < -0.3 is 9.47 Å². The predicted octanol–water partition coefficient (Wildman–Crippen LogP) is 2.15. The van der Waals surface area contributed by atoms with E-state index < -0.39 is 0 Å². The van der Waals surface area contributed by atoms with E-state index in [2.05, 4.69) is 22.1 Å². The Morgan fingerprint density at radius 2 is 2.18 bits per heavy atom. The molecular formula is C12H13N3O2. The van der Waals surface area contributed by atoms with Gasteiger partial charge in [0.05, 0.1) is 0 Å². The molecule has 2 heterocycles. The van der Waals surface area contributed by atoms with Crippen LogP contribution in [0, 0.1) is 0 Å². The van der Waals surface area contributed by atoms with E-state index in [4.69, 9.17) is 9.47 Å². The highest BCUT2D eigenvalue weighted by molar-refractivity contribution is 5.61. The molecule has 0 atom stereocenters. The normalized spacial score (nSPS) is 13.0. The van der Waals surface area contributed by atoms with E-state index >= 15 is 0 Å². The first kappa shape index (κ1) is 10.1. The predicted molar refractivity (Wildman–Crippen MR) is 61.9 cm³/mol. The summed E-state index contributed by atoms with van der Waals surface area (Å²) in [5.41, 5.74) is 0.938. The van der Waals surface area contributed by atoms with Crippen molar-refractivity contribution in [2.24, 2.45) is 0 Å². The molecule has 1 aromatic heterocycles. The van der Waals surface area contributed by atoms with Crippen molar-refractivity contribution < 1.29 is 9.47 Å². The first-order valence-corrected chi connectivity index (χ1v) is 5.68. The molecule has 17 heavy (non-hydrogen) atoms. The molecule has 0 saturated carbocycles. The van der Waals surface area contributed by atoms with Crippen molar-refractivity contribution in [3.63, 3.8) is 0 Å². The van der Waals surface area contributed by atoms with Crippen LogP contribution in [0.2, 0.25) is 0 Å². The van der Waals surface area contributed by atoms with Gasteiger partial charge in [0.25, 0.3) is 0 Å². The molecule has 0 aliphatic carbocycles. The van der Waals surface area contributed by atoms with Gasteiger partial charge in [0.1, 0.15) is 5.82 Å². The van der Waals surface area contributed by atoms with E-state index in [0.29, 0.717) is 5.82 Å². The van der Waals surface area contributed by atoms with E-state index in [1.807, 2.05) is 18.2 Å². The van der Waals surface area contributed by atoms with Crippen LogP contribution in [0.15, 0.2) is 18.2 Å². The van der Waals surface area contributed by atoms with Gasteiger partial charge in [-0.1, -0.05) is 6.92 Å². The number of aryl methyl sites for hydroxylation is 1. The number of hydrogen-bond donors (Lipinski definition) is 1. The molecule has 3 rings (SSSR count). The third-order valence-electron chi connectivity index (χ3n) is 2.65. The van der Waals surface area contributed by atoms with Crippen molar-refractivity contribution in [3.8, 4) is 22.9 Å². The standard InChI is InChI=1S/C12H13N3O2/c1-2-3-11-13-12(15-14-11)8-4-5-9-10(6-8)17-7-16-9/h4-6H,2-3,7H2,1H3,(H,13,14,15). The lowest BCUT2D eigenvalue weighted by Crippen LogP contribution is -1.92. The Bertz CT molecular complexity index is 536. The Balaban J connectivity index is 1.92. The van der Waals surface area contributed by atoms with Crippen LogP contribution in [-0.2, 0) is 6.42 Å². The van der Waals surface area contributed by atoms with E-state index in [-0.39, 0.29) is 6.79 Å². The van der Waals surface area contributed by atoms with E-state index in [9.17, 15) is 0 Å². The van der Waals surface area contributed by atoms with E-state index in [1.54, 1.807) is 0 Å². The Hall–Kier alpha value is -2.04. The fraction of sp³-hybridized carbons (Fsp3) is 0.333. The van der Waals surface area contributed by atoms with Gasteiger partial charge >= 0.3 is 0 Å². The summed E-state index contributed by atoms with van der Waals surface area (Å²) in [5, 5.41) is 7.14. The van der Waals surface area contributed by atoms with Gasteiger partial charge in [-0.2, -0.15) is 5.10 Å². The Morgan fingerprint density at radius 3 is 3.06 bits per heavy atom. The molecule has 2 aromatic rings. The molecule has 0 bridgehead atoms. The lowest BCUT2D eigenvalue weighted by atomic mass is 10.2. The Kier molecular flexibility index (Phi) is 2.44. The van der Waals surface area contributed by atoms with Gasteiger partial charge in [0.2, 0.25) is 6.79 Å². The van der Waals surface area contributed by atoms with Crippen molar-refractivity contribution in [1.82, 2.24) is 15.2 Å². The molecule has 1 N–H and O–H groups in total. The fourth-order valence-corrected chi connectivity index (χ4v) is 1.81. The van der Waals surface area contributed by atoms with Gasteiger partial charge in [-0.05, 0) is 24.6 Å². The molecule has 0 spiro atoms. The number of fused-ring (bicyclic) bond motifs is 1. The molecule has 5 heteroatoms. The van der Waals surface area contributed by atoms with Crippen LogP contribution in [0.4, 0.5) is 0 Å². The van der Waals surface area contributed by atoms with E-state index in [0.717, 1.165) is 35.7 Å². The number of H-pyrrole nitrogens is 1. The van der Waals surface area contributed by atoms with Gasteiger partial charge in [-0.25, -0.2) is 4.98 Å². The first-order chi connectivity index (χ1) is 8.36. The second-order valence-electron chi connectivity index (χ2n) is 3.92. The average molecular weight is 231 g/mol. The summed E-state index contributed by atoms with van der Waals surface area (Å²) in [6.07, 6.45) is 1.97. The van der Waals surface area contributed by atoms with Crippen LogP contribution in [-0.4, -0.2) is 22.0 Å². The maximum atomic E-state index is 5.33. The Morgan fingerprint density at radius 1 is 1.29 bits per heavy atom. The molecule has 0 unspecified atom stereocenters. The number of aromatic nitrogens is 3. The van der Waals surface area contributed by atoms with Crippen LogP contribution in [0.3, 0.4) is 0 Å². The SMILES string of the molecule is CCCc1nc(-c2ccc3c(c2)OCO3)n[nH]1. The molecule has 1 aromatic carbocycles. The summed E-state index contributed by atoms with van der Waals surface area (Å²) in [6, 6.07) is 5.72. The molecule has 5 nitrogen and oxygen atoms in total. The molecule has 88 valence electrons. The fourth-order valence-electron chi connectivity index (χ4n) is 1.81. The van der Waals surface area contributed by atoms with Crippen molar-refractivity contribution in [1.29, 1.82) is 0 Å². The number of rotatable bonds is 3. The maximum Gasteiger partial charge on any atom is 0.231 e. The smallest absolute Gasteiger partial charge is 0.231 e. The third kappa shape index (κ3) is 1.84. The number of nitrogens with zero attached hydrogens (tertiary/aromatic N) is 2. The van der Waals surface area contributed by atoms with Gasteiger partial charge in [0, 0.05) is 12.0 Å². The number of aromatic amines is 1. The summed E-state index contributed by atoms with van der Waals surface area (Å²) in [6.45, 7) is 2.40. The number of ether oxygens (including phenoxy) is 2. The molecule has 0 amide bonds. The molecule has 1 aliphatic heterocycles. The number of hydrogen-bond acceptors (Lipinski definition) is 4. The average Bonchev–Trinajstić information content (AvgIpc) is 2.96. The maximum absolute atomic E-state index is 5.33. The summed E-state index contributed by atoms with van der Waals surface area (Å²) in [4.78, 5) is 4.43. The van der Waals surface area contributed by atoms with Gasteiger partial charge in [0.15, 0.2) is 17.3 Å². The van der Waals surface area contributed by atoms with Gasteiger partial charge in [-0.15, -0.1) is 0 Å². The van der Waals surface area contributed by atoms with Crippen LogP contribution in [0.5, 0.6) is 11.5 Å². The van der Waals surface area contributed by atoms with Crippen molar-refractivity contribution in [3.05, 3.63) is 24.0 Å². The van der Waals surface area contributed by atoms with Crippen molar-refractivity contribution >= 4 is 0 Å². The third-order valence-corrected chi connectivity index (χ3v) is 2.65. The second-order valence-corrected chi connectivity index (χ2v) is 3.92. The molecule has 0 radical (unpaired) electrons. The highest BCUT2D eigenvalue weighted by Gasteiger charge is 2.15. The van der Waals surface area contributed by atoms with Crippen LogP contribution >= 0.6 is 0 Å². The minimum Gasteiger partial charge on any atom is -0.454 e. The summed E-state index contributed by atoms with van der Waals surface area (Å²) >= 11 is 0. The summed E-state index contributed by atoms with van der Waals surface area (Å²) < 4.78 is 10.6. The van der Waals surface area contributed by atoms with Crippen molar-refractivity contribution in [2.45, 2.75) is 19.8 Å². The molecule has 0 fully saturated rings. The summed E-state index contributed by atoms with van der Waals surface area (Å²) in [5.74, 6) is 3.15. The molecular weight excluding hydrogens is 218 g/mol.